The summed E-state index contributed by atoms with van der Waals surface area (Å²) in [5.74, 6) is -0.951. The fourth-order valence-corrected chi connectivity index (χ4v) is 0.384. The summed E-state index contributed by atoms with van der Waals surface area (Å²) < 4.78 is 0. The molecular formula is C6H11NO2. The minimum atomic E-state index is -0.951. The highest BCUT2D eigenvalue weighted by molar-refractivity contribution is 5.73. The van der Waals surface area contributed by atoms with Crippen LogP contribution in [-0.4, -0.2) is 17.1 Å². The van der Waals surface area contributed by atoms with Gasteiger partial charge >= 0.3 is 5.97 Å². The van der Waals surface area contributed by atoms with E-state index in [1.165, 1.54) is 0 Å². The highest BCUT2D eigenvalue weighted by atomic mass is 16.4. The summed E-state index contributed by atoms with van der Waals surface area (Å²) in [6.45, 7) is 1.83. The van der Waals surface area contributed by atoms with Gasteiger partial charge in [0.2, 0.25) is 0 Å². The second kappa shape index (κ2) is 4.09. The molecule has 3 N–H and O–H groups in total. The zero-order valence-electron chi connectivity index (χ0n) is 5.37. The maximum absolute atomic E-state index is 10.0. The maximum atomic E-state index is 10.0. The minimum absolute atomic E-state index is 0.409. The third-order valence-electron chi connectivity index (χ3n) is 0.943. The Kier molecular flexibility index (Phi) is 3.71. The van der Waals surface area contributed by atoms with Gasteiger partial charge in [-0.1, -0.05) is 12.2 Å². The van der Waals surface area contributed by atoms with Crippen LogP contribution >= 0.6 is 0 Å². The van der Waals surface area contributed by atoms with E-state index in [-0.39, 0.29) is 0 Å². The van der Waals surface area contributed by atoms with Crippen molar-refractivity contribution >= 4 is 5.97 Å². The SMILES string of the molecule is CC=CCC(N)C(=O)O. The molecule has 0 amide bonds. The fraction of sp³-hybridized carbons (Fsp3) is 0.500. The van der Waals surface area contributed by atoms with E-state index in [0.29, 0.717) is 6.42 Å². The molecule has 0 radical (unpaired) electrons. The lowest BCUT2D eigenvalue weighted by Gasteiger charge is -1.98. The highest BCUT2D eigenvalue weighted by Gasteiger charge is 2.07. The van der Waals surface area contributed by atoms with Crippen molar-refractivity contribution in [2.24, 2.45) is 5.73 Å². The summed E-state index contributed by atoms with van der Waals surface area (Å²) in [4.78, 5) is 10.0. The second-order valence-corrected chi connectivity index (χ2v) is 1.75. The molecule has 0 aromatic rings. The summed E-state index contributed by atoms with van der Waals surface area (Å²) in [5.41, 5.74) is 5.15. The Morgan fingerprint density at radius 3 is 2.78 bits per heavy atom. The molecule has 3 nitrogen and oxygen atoms in total. The number of nitrogens with two attached hydrogens (primary N) is 1. The molecule has 0 fully saturated rings. The molecule has 1 atom stereocenters. The molecule has 3 heteroatoms. The normalized spacial score (nSPS) is 14.0. The van der Waals surface area contributed by atoms with E-state index in [9.17, 15) is 4.79 Å². The van der Waals surface area contributed by atoms with Crippen LogP contribution in [0.5, 0.6) is 0 Å². The van der Waals surface area contributed by atoms with Gasteiger partial charge in [0.1, 0.15) is 6.04 Å². The molecule has 0 aliphatic carbocycles. The summed E-state index contributed by atoms with van der Waals surface area (Å²) in [7, 11) is 0. The average Bonchev–Trinajstić information content (AvgIpc) is 1.82. The summed E-state index contributed by atoms with van der Waals surface area (Å²) in [6, 6.07) is -0.749. The van der Waals surface area contributed by atoms with Crippen LogP contribution in [0.4, 0.5) is 0 Å². The van der Waals surface area contributed by atoms with Gasteiger partial charge in [-0.05, 0) is 13.3 Å². The number of carbonyl (C=O) groups is 1. The van der Waals surface area contributed by atoms with Crippen LogP contribution < -0.4 is 5.73 Å². The average molecular weight is 129 g/mol. The van der Waals surface area contributed by atoms with Crippen LogP contribution in [-0.2, 0) is 4.79 Å². The second-order valence-electron chi connectivity index (χ2n) is 1.75. The lowest BCUT2D eigenvalue weighted by Crippen LogP contribution is -2.29. The van der Waals surface area contributed by atoms with Crippen LogP contribution in [0.1, 0.15) is 13.3 Å². The van der Waals surface area contributed by atoms with Gasteiger partial charge in [-0.2, -0.15) is 0 Å². The Bertz CT molecular complexity index is 120. The molecule has 0 heterocycles. The lowest BCUT2D eigenvalue weighted by atomic mass is 10.2. The predicted octanol–water partition coefficient (Wildman–Crippen LogP) is 0.365. The molecule has 52 valence electrons. The molecule has 0 bridgehead atoms. The van der Waals surface area contributed by atoms with Crippen molar-refractivity contribution in [3.8, 4) is 0 Å². The van der Waals surface area contributed by atoms with Crippen LogP contribution in [0.3, 0.4) is 0 Å². The topological polar surface area (TPSA) is 63.3 Å². The van der Waals surface area contributed by atoms with Gasteiger partial charge in [-0.3, -0.25) is 4.79 Å². The van der Waals surface area contributed by atoms with Crippen molar-refractivity contribution in [3.05, 3.63) is 12.2 Å². The molecule has 1 unspecified atom stereocenters. The van der Waals surface area contributed by atoms with E-state index in [1.807, 2.05) is 6.92 Å². The number of hydrogen-bond acceptors (Lipinski definition) is 2. The quantitative estimate of drug-likeness (QED) is 0.541. The van der Waals surface area contributed by atoms with Crippen molar-refractivity contribution in [2.45, 2.75) is 19.4 Å². The van der Waals surface area contributed by atoms with Crippen LogP contribution in [0, 0.1) is 0 Å². The molecule has 9 heavy (non-hydrogen) atoms. The Morgan fingerprint density at radius 1 is 1.89 bits per heavy atom. The molecule has 0 saturated carbocycles. The van der Waals surface area contributed by atoms with Crippen molar-refractivity contribution in [2.75, 3.05) is 0 Å². The number of carboxylic acids is 1. The molecule has 0 aliphatic rings. The Morgan fingerprint density at radius 2 is 2.44 bits per heavy atom. The summed E-state index contributed by atoms with van der Waals surface area (Å²) in [6.07, 6.45) is 3.92. The van der Waals surface area contributed by atoms with Gasteiger partial charge in [-0.15, -0.1) is 0 Å². The summed E-state index contributed by atoms with van der Waals surface area (Å²) >= 11 is 0. The molecule has 0 aromatic carbocycles. The number of rotatable bonds is 3. The zero-order valence-corrected chi connectivity index (χ0v) is 5.37. The smallest absolute Gasteiger partial charge is 0.320 e. The lowest BCUT2D eigenvalue weighted by molar-refractivity contribution is -0.138. The van der Waals surface area contributed by atoms with E-state index in [0.717, 1.165) is 0 Å². The standard InChI is InChI=1S/C6H11NO2/c1-2-3-4-5(7)6(8)9/h2-3,5H,4,7H2,1H3,(H,8,9). The van der Waals surface area contributed by atoms with E-state index in [4.69, 9.17) is 10.8 Å². The number of aliphatic carboxylic acids is 1. The first-order valence-corrected chi connectivity index (χ1v) is 2.78. The van der Waals surface area contributed by atoms with Crippen LogP contribution in [0.25, 0.3) is 0 Å². The van der Waals surface area contributed by atoms with Gasteiger partial charge < -0.3 is 10.8 Å². The van der Waals surface area contributed by atoms with Crippen LogP contribution in [0.15, 0.2) is 12.2 Å². The first kappa shape index (κ1) is 8.17. The molecule has 0 aliphatic heterocycles. The van der Waals surface area contributed by atoms with Gasteiger partial charge in [0.15, 0.2) is 0 Å². The van der Waals surface area contributed by atoms with Crippen LogP contribution in [0.2, 0.25) is 0 Å². The molecule has 0 rings (SSSR count). The summed E-state index contributed by atoms with van der Waals surface area (Å²) in [5, 5.41) is 8.25. The van der Waals surface area contributed by atoms with E-state index in [1.54, 1.807) is 12.2 Å². The van der Waals surface area contributed by atoms with Gasteiger partial charge in [0.25, 0.3) is 0 Å². The molecule has 0 saturated heterocycles. The van der Waals surface area contributed by atoms with Gasteiger partial charge in [-0.25, -0.2) is 0 Å². The molecule has 0 spiro atoms. The highest BCUT2D eigenvalue weighted by Crippen LogP contribution is 1.88. The monoisotopic (exact) mass is 129 g/mol. The van der Waals surface area contributed by atoms with E-state index >= 15 is 0 Å². The Hall–Kier alpha value is -0.830. The zero-order chi connectivity index (χ0) is 7.28. The largest absolute Gasteiger partial charge is 0.480 e. The number of allylic oxidation sites excluding steroid dienone is 1. The third kappa shape index (κ3) is 3.73. The van der Waals surface area contributed by atoms with Gasteiger partial charge in [0.05, 0.1) is 0 Å². The first-order chi connectivity index (χ1) is 4.18. The Balaban J connectivity index is 3.50. The number of hydrogen-bond donors (Lipinski definition) is 2. The first-order valence-electron chi connectivity index (χ1n) is 2.78. The number of carboxylic acid groups (broad SMARTS) is 1. The van der Waals surface area contributed by atoms with E-state index < -0.39 is 12.0 Å². The fourth-order valence-electron chi connectivity index (χ4n) is 0.384. The van der Waals surface area contributed by atoms with Gasteiger partial charge in [0, 0.05) is 0 Å². The van der Waals surface area contributed by atoms with E-state index in [2.05, 4.69) is 0 Å². The van der Waals surface area contributed by atoms with Crippen molar-refractivity contribution < 1.29 is 9.90 Å². The predicted molar refractivity (Wildman–Crippen MR) is 35.0 cm³/mol. The maximum Gasteiger partial charge on any atom is 0.320 e. The molecule has 0 aromatic heterocycles. The van der Waals surface area contributed by atoms with Crippen molar-refractivity contribution in [3.63, 3.8) is 0 Å². The Labute approximate surface area is 54.2 Å². The minimum Gasteiger partial charge on any atom is -0.480 e. The third-order valence-corrected chi connectivity index (χ3v) is 0.943. The van der Waals surface area contributed by atoms with Crippen molar-refractivity contribution in [1.29, 1.82) is 0 Å². The van der Waals surface area contributed by atoms with Crippen molar-refractivity contribution in [1.82, 2.24) is 0 Å². The molecular weight excluding hydrogens is 118 g/mol.